The molecule has 1 aromatic heterocycles. The third-order valence-corrected chi connectivity index (χ3v) is 3.61. The van der Waals surface area contributed by atoms with Gasteiger partial charge in [-0.1, -0.05) is 25.1 Å². The number of carbonyl (C=O) groups is 1. The Morgan fingerprint density at radius 2 is 2.20 bits per heavy atom. The molecule has 108 valence electrons. The van der Waals surface area contributed by atoms with Gasteiger partial charge in [0.2, 0.25) is 5.91 Å². The highest BCUT2D eigenvalue weighted by Gasteiger charge is 2.06. The summed E-state index contributed by atoms with van der Waals surface area (Å²) < 4.78 is 0. The van der Waals surface area contributed by atoms with Gasteiger partial charge < -0.3 is 16.0 Å². The van der Waals surface area contributed by atoms with Crippen molar-refractivity contribution in [2.24, 2.45) is 5.73 Å². The van der Waals surface area contributed by atoms with E-state index in [9.17, 15) is 4.79 Å². The molecule has 2 rings (SSSR count). The average molecular weight is 273 g/mol. The zero-order chi connectivity index (χ0) is 14.4. The van der Waals surface area contributed by atoms with Crippen LogP contribution < -0.4 is 11.1 Å². The van der Waals surface area contributed by atoms with Gasteiger partial charge in [0.1, 0.15) is 0 Å². The summed E-state index contributed by atoms with van der Waals surface area (Å²) >= 11 is 0. The minimum absolute atomic E-state index is 0.0626. The number of fused-ring (bicyclic) bond motifs is 1. The lowest BCUT2D eigenvalue weighted by molar-refractivity contribution is -0.121. The molecule has 0 bridgehead atoms. The standard InChI is InChI=1S/C16H23N3O/c1-2-13(17)11-19-16(20)9-5-6-12-10-18-15-8-4-3-7-14(12)15/h3-4,7-8,10,13,18H,2,5-6,9,11,17H2,1H3,(H,19,20). The van der Waals surface area contributed by atoms with Crippen LogP contribution in [0.15, 0.2) is 30.5 Å². The Labute approximate surface area is 119 Å². The molecule has 0 saturated heterocycles. The van der Waals surface area contributed by atoms with Crippen molar-refractivity contribution in [3.63, 3.8) is 0 Å². The number of aryl methyl sites for hydroxylation is 1. The molecule has 20 heavy (non-hydrogen) atoms. The Bertz CT molecular complexity index is 562. The SMILES string of the molecule is CCC(N)CNC(=O)CCCc1c[nH]c2ccccc12. The molecule has 4 N–H and O–H groups in total. The topological polar surface area (TPSA) is 70.9 Å². The summed E-state index contributed by atoms with van der Waals surface area (Å²) in [6.07, 6.45) is 5.24. The van der Waals surface area contributed by atoms with E-state index in [4.69, 9.17) is 5.73 Å². The predicted molar refractivity (Wildman–Crippen MR) is 82.5 cm³/mol. The van der Waals surface area contributed by atoms with Gasteiger partial charge in [0.15, 0.2) is 0 Å². The summed E-state index contributed by atoms with van der Waals surface area (Å²) in [5.74, 6) is 0.0914. The summed E-state index contributed by atoms with van der Waals surface area (Å²) in [4.78, 5) is 14.9. The summed E-state index contributed by atoms with van der Waals surface area (Å²) in [6, 6.07) is 8.30. The van der Waals surface area contributed by atoms with Crippen molar-refractivity contribution in [3.05, 3.63) is 36.0 Å². The molecular weight excluding hydrogens is 250 g/mol. The number of amides is 1. The molecule has 0 aliphatic carbocycles. The second-order valence-corrected chi connectivity index (χ2v) is 5.19. The second-order valence-electron chi connectivity index (χ2n) is 5.19. The maximum absolute atomic E-state index is 11.7. The number of para-hydroxylation sites is 1. The van der Waals surface area contributed by atoms with Crippen LogP contribution in [0.5, 0.6) is 0 Å². The molecule has 4 nitrogen and oxygen atoms in total. The first-order valence-corrected chi connectivity index (χ1v) is 7.28. The molecule has 1 amide bonds. The van der Waals surface area contributed by atoms with Crippen molar-refractivity contribution < 1.29 is 4.79 Å². The molecular formula is C16H23N3O. The maximum Gasteiger partial charge on any atom is 0.220 e. The van der Waals surface area contributed by atoms with Crippen LogP contribution in [-0.4, -0.2) is 23.5 Å². The van der Waals surface area contributed by atoms with Gasteiger partial charge in [-0.25, -0.2) is 0 Å². The van der Waals surface area contributed by atoms with E-state index in [1.165, 1.54) is 10.9 Å². The molecule has 1 aromatic carbocycles. The van der Waals surface area contributed by atoms with Gasteiger partial charge >= 0.3 is 0 Å². The van der Waals surface area contributed by atoms with Crippen molar-refractivity contribution in [1.82, 2.24) is 10.3 Å². The number of benzene rings is 1. The zero-order valence-electron chi connectivity index (χ0n) is 12.0. The van der Waals surface area contributed by atoms with Crippen molar-refractivity contribution >= 4 is 16.8 Å². The van der Waals surface area contributed by atoms with Gasteiger partial charge in [0.25, 0.3) is 0 Å². The molecule has 0 fully saturated rings. The first-order chi connectivity index (χ1) is 9.70. The fourth-order valence-corrected chi connectivity index (χ4v) is 2.26. The van der Waals surface area contributed by atoms with Crippen molar-refractivity contribution in [3.8, 4) is 0 Å². The number of carbonyl (C=O) groups excluding carboxylic acids is 1. The first kappa shape index (κ1) is 14.6. The van der Waals surface area contributed by atoms with Gasteiger partial charge in [-0.15, -0.1) is 0 Å². The fourth-order valence-electron chi connectivity index (χ4n) is 2.26. The Morgan fingerprint density at radius 1 is 1.40 bits per heavy atom. The summed E-state index contributed by atoms with van der Waals surface area (Å²) in [5.41, 5.74) is 8.20. The minimum Gasteiger partial charge on any atom is -0.361 e. The van der Waals surface area contributed by atoms with Crippen LogP contribution in [0.25, 0.3) is 10.9 Å². The number of aromatic nitrogens is 1. The van der Waals surface area contributed by atoms with E-state index in [1.54, 1.807) is 0 Å². The molecule has 4 heteroatoms. The number of H-pyrrole nitrogens is 1. The normalized spacial score (nSPS) is 12.5. The molecule has 1 atom stereocenters. The quantitative estimate of drug-likeness (QED) is 0.724. The van der Waals surface area contributed by atoms with E-state index >= 15 is 0 Å². The number of rotatable bonds is 7. The lowest BCUT2D eigenvalue weighted by atomic mass is 10.1. The van der Waals surface area contributed by atoms with Crippen LogP contribution in [0.2, 0.25) is 0 Å². The molecule has 0 aliphatic heterocycles. The molecule has 0 aliphatic rings. The Hall–Kier alpha value is -1.81. The van der Waals surface area contributed by atoms with Crippen molar-refractivity contribution in [1.29, 1.82) is 0 Å². The highest BCUT2D eigenvalue weighted by atomic mass is 16.1. The molecule has 0 saturated carbocycles. The Balaban J connectivity index is 1.77. The Kier molecular flexibility index (Phi) is 5.18. The van der Waals surface area contributed by atoms with E-state index in [0.717, 1.165) is 24.8 Å². The summed E-state index contributed by atoms with van der Waals surface area (Å²) in [7, 11) is 0. The number of aromatic amines is 1. The van der Waals surface area contributed by atoms with Gasteiger partial charge in [0.05, 0.1) is 0 Å². The van der Waals surface area contributed by atoms with E-state index in [-0.39, 0.29) is 11.9 Å². The lowest BCUT2D eigenvalue weighted by Gasteiger charge is -2.10. The number of hydrogen-bond acceptors (Lipinski definition) is 2. The van der Waals surface area contributed by atoms with Crippen LogP contribution >= 0.6 is 0 Å². The summed E-state index contributed by atoms with van der Waals surface area (Å²) in [5, 5.41) is 4.13. The van der Waals surface area contributed by atoms with E-state index < -0.39 is 0 Å². The summed E-state index contributed by atoms with van der Waals surface area (Å²) in [6.45, 7) is 2.59. The molecule has 1 unspecified atom stereocenters. The van der Waals surface area contributed by atoms with Crippen LogP contribution in [-0.2, 0) is 11.2 Å². The van der Waals surface area contributed by atoms with Crippen LogP contribution in [0.4, 0.5) is 0 Å². The van der Waals surface area contributed by atoms with Crippen LogP contribution in [0.3, 0.4) is 0 Å². The van der Waals surface area contributed by atoms with E-state index in [2.05, 4.69) is 22.4 Å². The maximum atomic E-state index is 11.7. The second kappa shape index (κ2) is 7.10. The van der Waals surface area contributed by atoms with Crippen molar-refractivity contribution in [2.75, 3.05) is 6.54 Å². The highest BCUT2D eigenvalue weighted by molar-refractivity contribution is 5.83. The molecule has 1 heterocycles. The minimum atomic E-state index is 0.0626. The lowest BCUT2D eigenvalue weighted by Crippen LogP contribution is -2.36. The number of hydrogen-bond donors (Lipinski definition) is 3. The average Bonchev–Trinajstić information content (AvgIpc) is 2.88. The van der Waals surface area contributed by atoms with Crippen LogP contribution in [0.1, 0.15) is 31.7 Å². The van der Waals surface area contributed by atoms with E-state index in [0.29, 0.717) is 13.0 Å². The van der Waals surface area contributed by atoms with Gasteiger partial charge in [-0.05, 0) is 30.9 Å². The smallest absolute Gasteiger partial charge is 0.220 e. The van der Waals surface area contributed by atoms with Gasteiger partial charge in [0, 0.05) is 36.1 Å². The molecule has 0 spiro atoms. The number of nitrogens with one attached hydrogen (secondary N) is 2. The van der Waals surface area contributed by atoms with E-state index in [1.807, 2.05) is 25.3 Å². The fraction of sp³-hybridized carbons (Fsp3) is 0.438. The molecule has 2 aromatic rings. The zero-order valence-corrected chi connectivity index (χ0v) is 12.0. The monoisotopic (exact) mass is 273 g/mol. The van der Waals surface area contributed by atoms with Gasteiger partial charge in [-0.3, -0.25) is 4.79 Å². The third-order valence-electron chi connectivity index (χ3n) is 3.61. The van der Waals surface area contributed by atoms with Crippen LogP contribution in [0, 0.1) is 0 Å². The first-order valence-electron chi connectivity index (χ1n) is 7.28. The number of nitrogens with two attached hydrogens (primary N) is 1. The predicted octanol–water partition coefficient (Wildman–Crippen LogP) is 2.34. The van der Waals surface area contributed by atoms with Gasteiger partial charge in [-0.2, -0.15) is 0 Å². The largest absolute Gasteiger partial charge is 0.361 e. The molecule has 0 radical (unpaired) electrons. The third kappa shape index (κ3) is 3.84. The van der Waals surface area contributed by atoms with Crippen molar-refractivity contribution in [2.45, 2.75) is 38.6 Å². The highest BCUT2D eigenvalue weighted by Crippen LogP contribution is 2.19. The Morgan fingerprint density at radius 3 is 3.00 bits per heavy atom.